The third-order valence-electron chi connectivity index (χ3n) is 3.86. The topological polar surface area (TPSA) is 75.7 Å². The molecule has 1 heterocycles. The quantitative estimate of drug-likeness (QED) is 0.923. The molecule has 6 nitrogen and oxygen atoms in total. The van der Waals surface area contributed by atoms with Crippen molar-refractivity contribution in [1.82, 2.24) is 0 Å². The molecule has 0 saturated carbocycles. The Hall–Kier alpha value is -2.54. The predicted molar refractivity (Wildman–Crippen MR) is 93.1 cm³/mol. The van der Waals surface area contributed by atoms with E-state index in [-0.39, 0.29) is 11.7 Å². The van der Waals surface area contributed by atoms with Crippen LogP contribution < -0.4 is 14.4 Å². The maximum Gasteiger partial charge on any atom is 0.255 e. The number of hydrogen-bond acceptors (Lipinski definition) is 4. The number of anilines is 2. The van der Waals surface area contributed by atoms with Crippen molar-refractivity contribution in [2.45, 2.75) is 6.42 Å². The molecule has 0 bridgehead atoms. The lowest BCUT2D eigenvalue weighted by atomic mass is 10.2. The lowest BCUT2D eigenvalue weighted by molar-refractivity contribution is 0.102. The summed E-state index contributed by atoms with van der Waals surface area (Å²) < 4.78 is 30.3. The van der Waals surface area contributed by atoms with E-state index in [0.29, 0.717) is 35.7 Å². The van der Waals surface area contributed by atoms with E-state index in [1.54, 1.807) is 55.6 Å². The molecule has 1 aliphatic heterocycles. The number of hydrogen-bond donors (Lipinski definition) is 1. The zero-order valence-electron chi connectivity index (χ0n) is 13.2. The van der Waals surface area contributed by atoms with Crippen molar-refractivity contribution in [3.63, 3.8) is 0 Å². The van der Waals surface area contributed by atoms with Gasteiger partial charge in [0.2, 0.25) is 10.0 Å². The second-order valence-electron chi connectivity index (χ2n) is 5.47. The molecule has 1 fully saturated rings. The van der Waals surface area contributed by atoms with Crippen LogP contribution in [0.25, 0.3) is 0 Å². The molecule has 1 amide bonds. The Kier molecular flexibility index (Phi) is 4.44. The third kappa shape index (κ3) is 3.35. The fourth-order valence-corrected chi connectivity index (χ4v) is 4.15. The average Bonchev–Trinajstić information content (AvgIpc) is 2.95. The summed E-state index contributed by atoms with van der Waals surface area (Å²) in [7, 11) is -1.63. The zero-order valence-corrected chi connectivity index (χ0v) is 14.0. The van der Waals surface area contributed by atoms with Gasteiger partial charge in [0.15, 0.2) is 0 Å². The van der Waals surface area contributed by atoms with Crippen molar-refractivity contribution in [1.29, 1.82) is 0 Å². The summed E-state index contributed by atoms with van der Waals surface area (Å²) in [6.45, 7) is 0.486. The first kappa shape index (κ1) is 16.3. The normalized spacial score (nSPS) is 16.0. The number of nitrogens with one attached hydrogen (secondary N) is 1. The van der Waals surface area contributed by atoms with Crippen LogP contribution in [0.4, 0.5) is 11.4 Å². The van der Waals surface area contributed by atoms with Gasteiger partial charge in [-0.15, -0.1) is 0 Å². The highest BCUT2D eigenvalue weighted by atomic mass is 32.2. The van der Waals surface area contributed by atoms with Gasteiger partial charge in [0.25, 0.3) is 5.91 Å². The number of sulfonamides is 1. The number of carbonyl (C=O) groups is 1. The van der Waals surface area contributed by atoms with Gasteiger partial charge in [0.05, 0.1) is 18.6 Å². The Morgan fingerprint density at radius 2 is 1.75 bits per heavy atom. The highest BCUT2D eigenvalue weighted by molar-refractivity contribution is 7.93. The number of carbonyl (C=O) groups excluding carboxylic acids is 1. The Labute approximate surface area is 141 Å². The van der Waals surface area contributed by atoms with Gasteiger partial charge in [-0.3, -0.25) is 9.10 Å². The minimum atomic E-state index is -3.21. The molecular formula is C17H18N2O4S. The largest absolute Gasteiger partial charge is 0.497 e. The number of rotatable bonds is 4. The molecule has 0 unspecified atom stereocenters. The first-order chi connectivity index (χ1) is 11.5. The van der Waals surface area contributed by atoms with Crippen LogP contribution in [0.2, 0.25) is 0 Å². The van der Waals surface area contributed by atoms with Gasteiger partial charge in [-0.05, 0) is 55.0 Å². The molecule has 0 aromatic heterocycles. The Balaban J connectivity index is 1.71. The van der Waals surface area contributed by atoms with Gasteiger partial charge in [-0.1, -0.05) is 0 Å². The van der Waals surface area contributed by atoms with E-state index in [1.807, 2.05) is 0 Å². The molecule has 2 aromatic rings. The fraction of sp³-hybridized carbons (Fsp3) is 0.235. The summed E-state index contributed by atoms with van der Waals surface area (Å²) in [6.07, 6.45) is 0.627. The molecule has 0 aliphatic carbocycles. The average molecular weight is 346 g/mol. The van der Waals surface area contributed by atoms with Crippen molar-refractivity contribution in [2.24, 2.45) is 0 Å². The lowest BCUT2D eigenvalue weighted by Crippen LogP contribution is -2.25. The maximum absolute atomic E-state index is 12.3. The molecule has 1 N–H and O–H groups in total. The van der Waals surface area contributed by atoms with Crippen LogP contribution in [0.15, 0.2) is 48.5 Å². The summed E-state index contributed by atoms with van der Waals surface area (Å²) >= 11 is 0. The van der Waals surface area contributed by atoms with Gasteiger partial charge in [-0.25, -0.2) is 8.42 Å². The highest BCUT2D eigenvalue weighted by Gasteiger charge is 2.28. The van der Waals surface area contributed by atoms with Crippen LogP contribution in [-0.4, -0.2) is 33.7 Å². The van der Waals surface area contributed by atoms with Crippen LogP contribution in [0.5, 0.6) is 5.75 Å². The fourth-order valence-electron chi connectivity index (χ4n) is 2.59. The van der Waals surface area contributed by atoms with E-state index in [9.17, 15) is 13.2 Å². The van der Waals surface area contributed by atoms with E-state index in [1.165, 1.54) is 4.31 Å². The minimum Gasteiger partial charge on any atom is -0.497 e. The van der Waals surface area contributed by atoms with E-state index in [0.717, 1.165) is 0 Å². The zero-order chi connectivity index (χ0) is 17.2. The highest BCUT2D eigenvalue weighted by Crippen LogP contribution is 2.24. The molecule has 0 spiro atoms. The number of benzene rings is 2. The molecule has 7 heteroatoms. The SMILES string of the molecule is COc1ccc(NC(=O)c2ccc(N3CCCS3(=O)=O)cc2)cc1. The second kappa shape index (κ2) is 6.52. The molecule has 126 valence electrons. The van der Waals surface area contributed by atoms with Crippen LogP contribution in [0.3, 0.4) is 0 Å². The van der Waals surface area contributed by atoms with Crippen LogP contribution >= 0.6 is 0 Å². The van der Waals surface area contributed by atoms with Crippen molar-refractivity contribution in [3.8, 4) is 5.75 Å². The Morgan fingerprint density at radius 3 is 2.29 bits per heavy atom. The number of ether oxygens (including phenoxy) is 1. The van der Waals surface area contributed by atoms with E-state index >= 15 is 0 Å². The number of amides is 1. The summed E-state index contributed by atoms with van der Waals surface area (Å²) in [4.78, 5) is 12.3. The molecule has 2 aromatic carbocycles. The van der Waals surface area contributed by atoms with Crippen molar-refractivity contribution in [2.75, 3.05) is 29.0 Å². The molecule has 0 atom stereocenters. The summed E-state index contributed by atoms with van der Waals surface area (Å²) in [5.74, 6) is 0.632. The van der Waals surface area contributed by atoms with Crippen molar-refractivity contribution >= 4 is 27.3 Å². The summed E-state index contributed by atoms with van der Waals surface area (Å²) in [6, 6.07) is 13.6. The minimum absolute atomic E-state index is 0.173. The molecular weight excluding hydrogens is 328 g/mol. The summed E-state index contributed by atoms with van der Waals surface area (Å²) in [5, 5.41) is 2.79. The van der Waals surface area contributed by atoms with Crippen molar-refractivity contribution in [3.05, 3.63) is 54.1 Å². The summed E-state index contributed by atoms with van der Waals surface area (Å²) in [5.41, 5.74) is 1.71. The third-order valence-corrected chi connectivity index (χ3v) is 5.73. The van der Waals surface area contributed by atoms with Crippen LogP contribution in [0.1, 0.15) is 16.8 Å². The molecule has 24 heavy (non-hydrogen) atoms. The molecule has 1 saturated heterocycles. The van der Waals surface area contributed by atoms with E-state index in [4.69, 9.17) is 4.74 Å². The number of nitrogens with zero attached hydrogens (tertiary/aromatic N) is 1. The number of methoxy groups -OCH3 is 1. The van der Waals surface area contributed by atoms with Crippen molar-refractivity contribution < 1.29 is 17.9 Å². The van der Waals surface area contributed by atoms with Crippen LogP contribution in [0, 0.1) is 0 Å². The standard InChI is InChI=1S/C17H18N2O4S/c1-23-16-9-5-14(6-10-16)18-17(20)13-3-7-15(8-4-13)19-11-2-12-24(19,21)22/h3-10H,2,11-12H2,1H3,(H,18,20). The van der Waals surface area contributed by atoms with Gasteiger partial charge in [0, 0.05) is 17.8 Å². The Bertz CT molecular complexity index is 830. The first-order valence-corrected chi connectivity index (χ1v) is 9.16. The van der Waals surface area contributed by atoms with Gasteiger partial charge >= 0.3 is 0 Å². The van der Waals surface area contributed by atoms with Crippen LogP contribution in [-0.2, 0) is 10.0 Å². The second-order valence-corrected chi connectivity index (χ2v) is 7.48. The predicted octanol–water partition coefficient (Wildman–Crippen LogP) is 2.49. The smallest absolute Gasteiger partial charge is 0.255 e. The molecule has 1 aliphatic rings. The molecule has 0 radical (unpaired) electrons. The van der Waals surface area contributed by atoms with Gasteiger partial charge in [-0.2, -0.15) is 0 Å². The lowest BCUT2D eigenvalue weighted by Gasteiger charge is -2.17. The van der Waals surface area contributed by atoms with Gasteiger partial charge in [0.1, 0.15) is 5.75 Å². The van der Waals surface area contributed by atoms with E-state index in [2.05, 4.69) is 5.32 Å². The first-order valence-electron chi connectivity index (χ1n) is 7.55. The molecule has 3 rings (SSSR count). The maximum atomic E-state index is 12.3. The monoisotopic (exact) mass is 346 g/mol. The van der Waals surface area contributed by atoms with Gasteiger partial charge < -0.3 is 10.1 Å². The Morgan fingerprint density at radius 1 is 1.08 bits per heavy atom. The van der Waals surface area contributed by atoms with E-state index < -0.39 is 10.0 Å².